The fraction of sp³-hybridized carbons (Fsp3) is 0.700. The van der Waals surface area contributed by atoms with Crippen molar-refractivity contribution < 1.29 is 4.74 Å². The minimum atomic E-state index is 0.471. The van der Waals surface area contributed by atoms with Gasteiger partial charge in [0, 0.05) is 18.8 Å². The second kappa shape index (κ2) is 5.70. The van der Waals surface area contributed by atoms with Crippen LogP contribution in [-0.2, 0) is 11.3 Å². The molecular weight excluding hydrogens is 291 g/mol. The molecule has 0 spiro atoms. The lowest BCUT2D eigenvalue weighted by Gasteiger charge is -2.07. The van der Waals surface area contributed by atoms with Crippen LogP contribution in [0.5, 0.6) is 0 Å². The molecule has 1 heterocycles. The summed E-state index contributed by atoms with van der Waals surface area (Å²) in [7, 11) is 0. The topological polar surface area (TPSA) is 27.1 Å². The average Bonchev–Trinajstić information content (AvgIpc) is 2.56. The predicted octanol–water partition coefficient (Wildman–Crippen LogP) is 3.00. The number of aromatic nitrogens is 2. The van der Waals surface area contributed by atoms with Gasteiger partial charge in [-0.1, -0.05) is 6.92 Å². The molecule has 0 bridgehead atoms. The Morgan fingerprint density at radius 2 is 2.29 bits per heavy atom. The minimum absolute atomic E-state index is 0.471. The average molecular weight is 308 g/mol. The van der Waals surface area contributed by atoms with Crippen LogP contribution in [0.4, 0.5) is 0 Å². The molecule has 14 heavy (non-hydrogen) atoms. The highest BCUT2D eigenvalue weighted by Crippen LogP contribution is 2.16. The summed E-state index contributed by atoms with van der Waals surface area (Å²) >= 11 is 2.31. The Morgan fingerprint density at radius 1 is 1.57 bits per heavy atom. The van der Waals surface area contributed by atoms with E-state index in [9.17, 15) is 0 Å². The highest BCUT2D eigenvalue weighted by Gasteiger charge is 2.09. The molecule has 0 saturated heterocycles. The molecule has 0 N–H and O–H groups in total. The van der Waals surface area contributed by atoms with Crippen LogP contribution in [0.3, 0.4) is 0 Å². The van der Waals surface area contributed by atoms with Gasteiger partial charge in [-0.2, -0.15) is 5.10 Å². The Morgan fingerprint density at radius 3 is 2.86 bits per heavy atom. The summed E-state index contributed by atoms with van der Waals surface area (Å²) in [6.45, 7) is 7.71. The summed E-state index contributed by atoms with van der Waals surface area (Å²) < 4.78 is 8.56. The second-order valence-electron chi connectivity index (χ2n) is 3.30. The van der Waals surface area contributed by atoms with E-state index in [1.54, 1.807) is 0 Å². The third kappa shape index (κ3) is 2.95. The number of nitrogens with zero attached hydrogens (tertiary/aromatic N) is 2. The van der Waals surface area contributed by atoms with E-state index in [1.165, 1.54) is 3.57 Å². The van der Waals surface area contributed by atoms with Gasteiger partial charge in [0.2, 0.25) is 0 Å². The first-order valence-corrected chi connectivity index (χ1v) is 6.08. The molecule has 0 aliphatic heterocycles. The lowest BCUT2D eigenvalue weighted by atomic mass is 10.3. The first kappa shape index (κ1) is 12.0. The standard InChI is InChI=1S/C10H17IN2O/c1-4-8(3)13-6-9(11)10(12-13)7-14-5-2/h6,8H,4-5,7H2,1-3H3. The van der Waals surface area contributed by atoms with Gasteiger partial charge >= 0.3 is 0 Å². The van der Waals surface area contributed by atoms with E-state index in [2.05, 4.69) is 47.7 Å². The van der Waals surface area contributed by atoms with Crippen LogP contribution >= 0.6 is 22.6 Å². The number of halogens is 1. The summed E-state index contributed by atoms with van der Waals surface area (Å²) in [5.74, 6) is 0. The summed E-state index contributed by atoms with van der Waals surface area (Å²) in [5.41, 5.74) is 1.05. The molecule has 0 amide bonds. The van der Waals surface area contributed by atoms with Gasteiger partial charge in [-0.15, -0.1) is 0 Å². The molecule has 0 aromatic carbocycles. The van der Waals surface area contributed by atoms with Crippen molar-refractivity contribution in [3.05, 3.63) is 15.5 Å². The third-order valence-electron chi connectivity index (χ3n) is 2.24. The predicted molar refractivity (Wildman–Crippen MR) is 65.3 cm³/mol. The maximum atomic E-state index is 5.35. The Labute approximate surface area is 99.0 Å². The molecule has 0 fully saturated rings. The molecule has 0 radical (unpaired) electrons. The van der Waals surface area contributed by atoms with E-state index >= 15 is 0 Å². The Bertz CT molecular complexity index is 286. The molecular formula is C10H17IN2O. The summed E-state index contributed by atoms with van der Waals surface area (Å²) in [6.07, 6.45) is 3.19. The van der Waals surface area contributed by atoms with Crippen LogP contribution in [0, 0.1) is 3.57 Å². The van der Waals surface area contributed by atoms with E-state index in [0.29, 0.717) is 12.6 Å². The van der Waals surface area contributed by atoms with Crippen molar-refractivity contribution in [3.63, 3.8) is 0 Å². The maximum Gasteiger partial charge on any atom is 0.101 e. The van der Waals surface area contributed by atoms with Crippen LogP contribution in [0.15, 0.2) is 6.20 Å². The van der Waals surface area contributed by atoms with Gasteiger partial charge in [0.1, 0.15) is 5.69 Å². The molecule has 1 aromatic heterocycles. The molecule has 3 nitrogen and oxygen atoms in total. The van der Waals surface area contributed by atoms with Crippen LogP contribution in [0.2, 0.25) is 0 Å². The normalized spacial score (nSPS) is 13.1. The second-order valence-corrected chi connectivity index (χ2v) is 4.46. The van der Waals surface area contributed by atoms with Crippen LogP contribution in [0.1, 0.15) is 38.9 Å². The van der Waals surface area contributed by atoms with E-state index in [1.807, 2.05) is 11.6 Å². The van der Waals surface area contributed by atoms with Crippen molar-refractivity contribution >= 4 is 22.6 Å². The summed E-state index contributed by atoms with van der Waals surface area (Å²) in [4.78, 5) is 0. The van der Waals surface area contributed by atoms with Crippen molar-refractivity contribution in [2.75, 3.05) is 6.61 Å². The van der Waals surface area contributed by atoms with Gasteiger partial charge in [0.05, 0.1) is 10.2 Å². The van der Waals surface area contributed by atoms with Crippen LogP contribution in [0.25, 0.3) is 0 Å². The lowest BCUT2D eigenvalue weighted by Crippen LogP contribution is -2.05. The number of hydrogen-bond donors (Lipinski definition) is 0. The lowest BCUT2D eigenvalue weighted by molar-refractivity contribution is 0.130. The molecule has 0 aliphatic carbocycles. The van der Waals surface area contributed by atoms with Gasteiger partial charge in [0.15, 0.2) is 0 Å². The van der Waals surface area contributed by atoms with Gasteiger partial charge in [0.25, 0.3) is 0 Å². The van der Waals surface area contributed by atoms with Crippen molar-refractivity contribution in [1.29, 1.82) is 0 Å². The number of hydrogen-bond acceptors (Lipinski definition) is 2. The molecule has 0 saturated carbocycles. The molecule has 0 aliphatic rings. The largest absolute Gasteiger partial charge is 0.375 e. The smallest absolute Gasteiger partial charge is 0.101 e. The Balaban J connectivity index is 2.71. The fourth-order valence-corrected chi connectivity index (χ4v) is 1.67. The third-order valence-corrected chi connectivity index (χ3v) is 3.14. The Kier molecular flexibility index (Phi) is 4.88. The van der Waals surface area contributed by atoms with Crippen molar-refractivity contribution in [1.82, 2.24) is 9.78 Å². The number of rotatable bonds is 5. The zero-order chi connectivity index (χ0) is 10.6. The number of ether oxygens (including phenoxy) is 1. The molecule has 1 atom stereocenters. The van der Waals surface area contributed by atoms with Crippen molar-refractivity contribution in [2.24, 2.45) is 0 Å². The molecule has 80 valence electrons. The van der Waals surface area contributed by atoms with E-state index in [-0.39, 0.29) is 0 Å². The fourth-order valence-electron chi connectivity index (χ4n) is 1.12. The van der Waals surface area contributed by atoms with Gasteiger partial charge in [-0.3, -0.25) is 4.68 Å². The van der Waals surface area contributed by atoms with Crippen molar-refractivity contribution in [2.45, 2.75) is 39.8 Å². The molecule has 1 aromatic rings. The monoisotopic (exact) mass is 308 g/mol. The van der Waals surface area contributed by atoms with Crippen LogP contribution in [-0.4, -0.2) is 16.4 Å². The highest BCUT2D eigenvalue weighted by atomic mass is 127. The summed E-state index contributed by atoms with van der Waals surface area (Å²) in [6, 6.07) is 0.471. The summed E-state index contributed by atoms with van der Waals surface area (Å²) in [5, 5.41) is 4.50. The molecule has 4 heteroatoms. The minimum Gasteiger partial charge on any atom is -0.375 e. The van der Waals surface area contributed by atoms with Crippen LogP contribution < -0.4 is 0 Å². The zero-order valence-electron chi connectivity index (χ0n) is 8.96. The van der Waals surface area contributed by atoms with E-state index in [4.69, 9.17) is 4.74 Å². The SMILES string of the molecule is CCOCc1nn(C(C)CC)cc1I. The van der Waals surface area contributed by atoms with E-state index < -0.39 is 0 Å². The Hall–Kier alpha value is -0.100. The first-order chi connectivity index (χ1) is 6.69. The zero-order valence-corrected chi connectivity index (χ0v) is 11.1. The first-order valence-electron chi connectivity index (χ1n) is 5.00. The molecule has 1 rings (SSSR count). The maximum absolute atomic E-state index is 5.35. The van der Waals surface area contributed by atoms with Crippen molar-refractivity contribution in [3.8, 4) is 0 Å². The van der Waals surface area contributed by atoms with E-state index in [0.717, 1.165) is 18.7 Å². The molecule has 1 unspecified atom stereocenters. The van der Waals surface area contributed by atoms with Gasteiger partial charge in [-0.25, -0.2) is 0 Å². The van der Waals surface area contributed by atoms with Gasteiger partial charge in [-0.05, 0) is 42.9 Å². The van der Waals surface area contributed by atoms with Gasteiger partial charge < -0.3 is 4.74 Å². The highest BCUT2D eigenvalue weighted by molar-refractivity contribution is 14.1. The quantitative estimate of drug-likeness (QED) is 0.782.